The predicted molar refractivity (Wildman–Crippen MR) is 63.7 cm³/mol. The van der Waals surface area contributed by atoms with Crippen LogP contribution >= 0.6 is 0 Å². The zero-order valence-corrected chi connectivity index (χ0v) is 9.85. The van der Waals surface area contributed by atoms with E-state index in [9.17, 15) is 4.39 Å². The van der Waals surface area contributed by atoms with E-state index in [-0.39, 0.29) is 17.8 Å². The lowest BCUT2D eigenvalue weighted by atomic mass is 10.0. The third-order valence-corrected chi connectivity index (χ3v) is 2.70. The second-order valence-corrected chi connectivity index (χ2v) is 4.39. The smallest absolute Gasteiger partial charge is 0.154 e. The molecule has 0 spiro atoms. The molecule has 0 aliphatic carbocycles. The predicted octanol–water partition coefficient (Wildman–Crippen LogP) is 3.14. The van der Waals surface area contributed by atoms with Crippen molar-refractivity contribution in [3.63, 3.8) is 0 Å². The van der Waals surface area contributed by atoms with Gasteiger partial charge in [0.05, 0.1) is 6.04 Å². The average Bonchev–Trinajstić information content (AvgIpc) is 2.77. The number of rotatable bonds is 3. The Hall–Kier alpha value is -1.68. The fourth-order valence-electron chi connectivity index (χ4n) is 1.56. The third kappa shape index (κ3) is 2.53. The first-order chi connectivity index (χ1) is 8.08. The van der Waals surface area contributed by atoms with Crippen LogP contribution in [0.25, 0.3) is 11.3 Å². The van der Waals surface area contributed by atoms with Crippen molar-refractivity contribution >= 4 is 0 Å². The van der Waals surface area contributed by atoms with Crippen LogP contribution in [0.5, 0.6) is 0 Å². The van der Waals surface area contributed by atoms with E-state index < -0.39 is 0 Å². The summed E-state index contributed by atoms with van der Waals surface area (Å²) in [4.78, 5) is 0. The summed E-state index contributed by atoms with van der Waals surface area (Å²) in [6.45, 7) is 4.02. The molecule has 1 heterocycles. The average molecular weight is 234 g/mol. The van der Waals surface area contributed by atoms with Crippen LogP contribution in [0.1, 0.15) is 25.6 Å². The van der Waals surface area contributed by atoms with Gasteiger partial charge in [-0.1, -0.05) is 31.1 Å². The number of benzene rings is 1. The normalized spacial score (nSPS) is 13.0. The molecule has 0 aliphatic heterocycles. The second-order valence-electron chi connectivity index (χ2n) is 4.39. The molecule has 1 aromatic heterocycles. The Balaban J connectivity index is 2.30. The first kappa shape index (κ1) is 11.8. The van der Waals surface area contributed by atoms with Crippen LogP contribution in [0.4, 0.5) is 4.39 Å². The van der Waals surface area contributed by atoms with Crippen LogP contribution in [-0.4, -0.2) is 5.16 Å². The Morgan fingerprint density at radius 1 is 1.29 bits per heavy atom. The lowest BCUT2D eigenvalue weighted by Gasteiger charge is -2.10. The molecule has 0 fully saturated rings. The maximum Gasteiger partial charge on any atom is 0.154 e. The van der Waals surface area contributed by atoms with Crippen LogP contribution in [0.15, 0.2) is 34.9 Å². The summed E-state index contributed by atoms with van der Waals surface area (Å²) in [6.07, 6.45) is 0. The summed E-state index contributed by atoms with van der Waals surface area (Å²) in [5, 5.41) is 3.91. The van der Waals surface area contributed by atoms with Gasteiger partial charge in [0.1, 0.15) is 11.5 Å². The molecule has 90 valence electrons. The first-order valence-electron chi connectivity index (χ1n) is 5.56. The lowest BCUT2D eigenvalue weighted by molar-refractivity contribution is 0.333. The summed E-state index contributed by atoms with van der Waals surface area (Å²) >= 11 is 0. The van der Waals surface area contributed by atoms with Crippen LogP contribution in [0.2, 0.25) is 0 Å². The van der Waals surface area contributed by atoms with Crippen LogP contribution in [0.3, 0.4) is 0 Å². The van der Waals surface area contributed by atoms with Crippen molar-refractivity contribution in [2.75, 3.05) is 0 Å². The number of halogens is 1. The molecule has 1 atom stereocenters. The number of hydrogen-bond acceptors (Lipinski definition) is 3. The third-order valence-electron chi connectivity index (χ3n) is 2.70. The molecule has 1 aromatic carbocycles. The standard InChI is InChI=1S/C13H15FN2O/c1-8(2)13(15)12-7-11(16-17-12)9-4-3-5-10(14)6-9/h3-8,13H,15H2,1-2H3. The van der Waals surface area contributed by atoms with Gasteiger partial charge in [-0.15, -0.1) is 0 Å². The van der Waals surface area contributed by atoms with Gasteiger partial charge in [0.25, 0.3) is 0 Å². The molecule has 1 unspecified atom stereocenters. The van der Waals surface area contributed by atoms with E-state index in [4.69, 9.17) is 10.3 Å². The Morgan fingerprint density at radius 3 is 2.71 bits per heavy atom. The van der Waals surface area contributed by atoms with Crippen molar-refractivity contribution in [2.45, 2.75) is 19.9 Å². The van der Waals surface area contributed by atoms with Crippen molar-refractivity contribution in [1.29, 1.82) is 0 Å². The van der Waals surface area contributed by atoms with Gasteiger partial charge in [-0.3, -0.25) is 0 Å². The van der Waals surface area contributed by atoms with Gasteiger partial charge >= 0.3 is 0 Å². The number of aromatic nitrogens is 1. The molecule has 2 aromatic rings. The van der Waals surface area contributed by atoms with E-state index in [0.29, 0.717) is 17.0 Å². The maximum atomic E-state index is 13.1. The minimum absolute atomic E-state index is 0.190. The van der Waals surface area contributed by atoms with Crippen LogP contribution < -0.4 is 5.73 Å². The molecule has 2 rings (SSSR count). The lowest BCUT2D eigenvalue weighted by Crippen LogP contribution is -2.15. The molecular weight excluding hydrogens is 219 g/mol. The molecule has 0 saturated carbocycles. The van der Waals surface area contributed by atoms with Gasteiger partial charge in [-0.05, 0) is 18.1 Å². The molecule has 4 heteroatoms. The van der Waals surface area contributed by atoms with E-state index in [1.807, 2.05) is 13.8 Å². The SMILES string of the molecule is CC(C)C(N)c1cc(-c2cccc(F)c2)no1. The quantitative estimate of drug-likeness (QED) is 0.887. The number of nitrogens with zero attached hydrogens (tertiary/aromatic N) is 1. The highest BCUT2D eigenvalue weighted by Crippen LogP contribution is 2.25. The maximum absolute atomic E-state index is 13.1. The highest BCUT2D eigenvalue weighted by molar-refractivity contribution is 5.58. The molecule has 3 nitrogen and oxygen atoms in total. The van der Waals surface area contributed by atoms with E-state index >= 15 is 0 Å². The zero-order valence-electron chi connectivity index (χ0n) is 9.85. The summed E-state index contributed by atoms with van der Waals surface area (Å²) in [5.41, 5.74) is 7.25. The largest absolute Gasteiger partial charge is 0.359 e. The minimum atomic E-state index is -0.291. The summed E-state index contributed by atoms with van der Waals surface area (Å²) in [6, 6.07) is 7.81. The van der Waals surface area contributed by atoms with Crippen molar-refractivity contribution in [1.82, 2.24) is 5.16 Å². The zero-order chi connectivity index (χ0) is 12.4. The summed E-state index contributed by atoms with van der Waals surface area (Å²) in [5.74, 6) is 0.600. The fraction of sp³-hybridized carbons (Fsp3) is 0.308. The highest BCUT2D eigenvalue weighted by Gasteiger charge is 2.16. The van der Waals surface area contributed by atoms with Gasteiger partial charge in [-0.25, -0.2) is 4.39 Å². The molecular formula is C13H15FN2O. The topological polar surface area (TPSA) is 52.0 Å². The second kappa shape index (κ2) is 4.67. The Bertz CT molecular complexity index is 508. The molecule has 0 bridgehead atoms. The monoisotopic (exact) mass is 234 g/mol. The van der Waals surface area contributed by atoms with Gasteiger partial charge in [0.15, 0.2) is 5.76 Å². The number of nitrogens with two attached hydrogens (primary N) is 1. The molecule has 0 aliphatic rings. The van der Waals surface area contributed by atoms with Crippen molar-refractivity contribution < 1.29 is 8.91 Å². The van der Waals surface area contributed by atoms with E-state index in [0.717, 1.165) is 0 Å². The Morgan fingerprint density at radius 2 is 2.06 bits per heavy atom. The molecule has 2 N–H and O–H groups in total. The van der Waals surface area contributed by atoms with Gasteiger partial charge < -0.3 is 10.3 Å². The number of hydrogen-bond donors (Lipinski definition) is 1. The molecule has 0 amide bonds. The molecule has 0 radical (unpaired) electrons. The van der Waals surface area contributed by atoms with Crippen molar-refractivity contribution in [3.05, 3.63) is 41.9 Å². The van der Waals surface area contributed by atoms with E-state index in [1.54, 1.807) is 18.2 Å². The van der Waals surface area contributed by atoms with Crippen LogP contribution in [-0.2, 0) is 0 Å². The van der Waals surface area contributed by atoms with E-state index in [2.05, 4.69) is 5.16 Å². The highest BCUT2D eigenvalue weighted by atomic mass is 19.1. The minimum Gasteiger partial charge on any atom is -0.359 e. The first-order valence-corrected chi connectivity index (χ1v) is 5.56. The Labute approximate surface area is 99.4 Å². The van der Waals surface area contributed by atoms with E-state index in [1.165, 1.54) is 12.1 Å². The van der Waals surface area contributed by atoms with Crippen molar-refractivity contribution in [3.8, 4) is 11.3 Å². The molecule has 17 heavy (non-hydrogen) atoms. The Kier molecular flexibility index (Phi) is 3.24. The fourth-order valence-corrected chi connectivity index (χ4v) is 1.56. The molecule has 0 saturated heterocycles. The van der Waals surface area contributed by atoms with Crippen LogP contribution in [0, 0.1) is 11.7 Å². The van der Waals surface area contributed by atoms with Gasteiger partial charge in [0.2, 0.25) is 0 Å². The summed E-state index contributed by atoms with van der Waals surface area (Å²) < 4.78 is 18.2. The summed E-state index contributed by atoms with van der Waals surface area (Å²) in [7, 11) is 0. The van der Waals surface area contributed by atoms with Gasteiger partial charge in [0, 0.05) is 11.6 Å². The van der Waals surface area contributed by atoms with Crippen molar-refractivity contribution in [2.24, 2.45) is 11.7 Å². The van der Waals surface area contributed by atoms with Gasteiger partial charge in [-0.2, -0.15) is 0 Å².